The first-order valence-electron chi connectivity index (χ1n) is 9.66. The first kappa shape index (κ1) is 21.0. The van der Waals surface area contributed by atoms with Gasteiger partial charge in [0, 0.05) is 6.92 Å². The van der Waals surface area contributed by atoms with Gasteiger partial charge in [-0.3, -0.25) is 4.79 Å². The molecule has 1 amide bonds. The normalized spacial score (nSPS) is 32.3. The van der Waals surface area contributed by atoms with Gasteiger partial charge in [-0.2, -0.15) is 0 Å². The highest BCUT2D eigenvalue weighted by Crippen LogP contribution is 2.33. The number of hydrogen-bond donors (Lipinski definition) is 2. The Morgan fingerprint density at radius 3 is 2.46 bits per heavy atom. The van der Waals surface area contributed by atoms with Crippen LogP contribution in [-0.2, 0) is 24.4 Å². The van der Waals surface area contributed by atoms with Gasteiger partial charge in [-0.05, 0) is 37.0 Å². The molecule has 5 atom stereocenters. The lowest BCUT2D eigenvalue weighted by Crippen LogP contribution is -2.69. The van der Waals surface area contributed by atoms with Gasteiger partial charge in [0.2, 0.25) is 12.2 Å². The first-order valence-corrected chi connectivity index (χ1v) is 9.66. The van der Waals surface area contributed by atoms with Crippen LogP contribution in [0.4, 0.5) is 0 Å². The highest BCUT2D eigenvalue weighted by Gasteiger charge is 2.52. The van der Waals surface area contributed by atoms with Crippen LogP contribution in [0.15, 0.2) is 24.3 Å². The summed E-state index contributed by atoms with van der Waals surface area (Å²) < 4.78 is 23.5. The Labute approximate surface area is 166 Å². The van der Waals surface area contributed by atoms with Crippen LogP contribution in [0.1, 0.15) is 47.1 Å². The maximum Gasteiger partial charge on any atom is 0.223 e. The molecule has 28 heavy (non-hydrogen) atoms. The molecular weight excluding hydrogens is 362 g/mol. The van der Waals surface area contributed by atoms with E-state index in [1.807, 2.05) is 24.3 Å². The van der Waals surface area contributed by atoms with Crippen LogP contribution in [0.5, 0.6) is 5.75 Å². The SMILES string of the molecule is CC(=O)N[C@@H]1[C@H](Oc2ccc(C(C)(C)C)cc2)O[C@@H]2COC(C)(C)O[C@@H]2[C@@H]1O. The smallest absolute Gasteiger partial charge is 0.223 e. The minimum absolute atomic E-state index is 0.0333. The predicted molar refractivity (Wildman–Crippen MR) is 103 cm³/mol. The molecule has 7 nitrogen and oxygen atoms in total. The van der Waals surface area contributed by atoms with Crippen molar-refractivity contribution in [1.29, 1.82) is 0 Å². The van der Waals surface area contributed by atoms with E-state index in [9.17, 15) is 9.90 Å². The van der Waals surface area contributed by atoms with Gasteiger partial charge in [0.1, 0.15) is 30.1 Å². The lowest BCUT2D eigenvalue weighted by molar-refractivity contribution is -0.361. The van der Waals surface area contributed by atoms with Crippen LogP contribution in [-0.4, -0.2) is 54.1 Å². The van der Waals surface area contributed by atoms with Crippen molar-refractivity contribution in [2.24, 2.45) is 0 Å². The van der Waals surface area contributed by atoms with E-state index >= 15 is 0 Å². The van der Waals surface area contributed by atoms with E-state index in [0.29, 0.717) is 5.75 Å². The van der Waals surface area contributed by atoms with Gasteiger partial charge in [0.25, 0.3) is 0 Å². The fraction of sp³-hybridized carbons (Fsp3) is 0.667. The second kappa shape index (κ2) is 7.63. The van der Waals surface area contributed by atoms with Crippen molar-refractivity contribution in [3.63, 3.8) is 0 Å². The lowest BCUT2D eigenvalue weighted by Gasteiger charge is -2.49. The third-order valence-corrected chi connectivity index (χ3v) is 5.03. The molecule has 0 aliphatic carbocycles. The van der Waals surface area contributed by atoms with Crippen molar-refractivity contribution in [1.82, 2.24) is 5.32 Å². The summed E-state index contributed by atoms with van der Waals surface area (Å²) in [5.41, 5.74) is 1.21. The molecule has 0 bridgehead atoms. The molecule has 2 saturated heterocycles. The van der Waals surface area contributed by atoms with Crippen molar-refractivity contribution >= 4 is 5.91 Å². The van der Waals surface area contributed by atoms with Gasteiger partial charge in [0.15, 0.2) is 5.79 Å². The van der Waals surface area contributed by atoms with Crippen molar-refractivity contribution in [3.8, 4) is 5.75 Å². The van der Waals surface area contributed by atoms with Gasteiger partial charge >= 0.3 is 0 Å². The standard InChI is InChI=1S/C21H31NO6/c1-12(23)22-16-17(24)18-15(11-25-21(5,6)28-18)27-19(16)26-14-9-7-13(8-10-14)20(2,3)4/h7-10,15-19,24H,11H2,1-6H3,(H,22,23)/t15-,16+,17-,18+,19-/m1/s1. The Bertz CT molecular complexity index is 696. The highest BCUT2D eigenvalue weighted by atomic mass is 16.8. The number of hydrogen-bond acceptors (Lipinski definition) is 6. The van der Waals surface area contributed by atoms with Crippen molar-refractivity contribution in [2.75, 3.05) is 6.61 Å². The van der Waals surface area contributed by atoms with E-state index in [1.54, 1.807) is 13.8 Å². The maximum absolute atomic E-state index is 11.7. The molecular formula is C21H31NO6. The van der Waals surface area contributed by atoms with Crippen LogP contribution in [0, 0.1) is 0 Å². The zero-order valence-corrected chi connectivity index (χ0v) is 17.4. The average Bonchev–Trinajstić information content (AvgIpc) is 2.58. The zero-order chi connectivity index (χ0) is 20.7. The molecule has 2 heterocycles. The summed E-state index contributed by atoms with van der Waals surface area (Å²) in [6, 6.07) is 6.96. The molecule has 2 aliphatic rings. The summed E-state index contributed by atoms with van der Waals surface area (Å²) >= 11 is 0. The minimum atomic E-state index is -0.996. The number of benzene rings is 1. The minimum Gasteiger partial charge on any atom is -0.463 e. The summed E-state index contributed by atoms with van der Waals surface area (Å²) in [4.78, 5) is 11.7. The Morgan fingerprint density at radius 1 is 1.25 bits per heavy atom. The molecule has 156 valence electrons. The third kappa shape index (κ3) is 4.66. The molecule has 0 spiro atoms. The number of carbonyl (C=O) groups is 1. The average molecular weight is 393 g/mol. The van der Waals surface area contributed by atoms with Crippen molar-refractivity contribution in [3.05, 3.63) is 29.8 Å². The molecule has 3 rings (SSSR count). The van der Waals surface area contributed by atoms with E-state index < -0.39 is 36.4 Å². The summed E-state index contributed by atoms with van der Waals surface area (Å²) in [6.07, 6.45) is -2.98. The van der Waals surface area contributed by atoms with Crippen LogP contribution >= 0.6 is 0 Å². The molecule has 0 aromatic heterocycles. The Hall–Kier alpha value is -1.67. The van der Waals surface area contributed by atoms with Gasteiger partial charge in [-0.15, -0.1) is 0 Å². The van der Waals surface area contributed by atoms with E-state index in [4.69, 9.17) is 18.9 Å². The fourth-order valence-electron chi connectivity index (χ4n) is 3.50. The van der Waals surface area contributed by atoms with E-state index in [1.165, 1.54) is 12.5 Å². The molecule has 1 aromatic carbocycles. The predicted octanol–water partition coefficient (Wildman–Crippen LogP) is 2.10. The number of aliphatic hydroxyl groups is 1. The van der Waals surface area contributed by atoms with E-state index in [0.717, 1.165) is 0 Å². The van der Waals surface area contributed by atoms with Gasteiger partial charge in [-0.1, -0.05) is 32.9 Å². The quantitative estimate of drug-likeness (QED) is 0.818. The van der Waals surface area contributed by atoms with Crippen LogP contribution in [0.2, 0.25) is 0 Å². The number of aliphatic hydroxyl groups excluding tert-OH is 1. The van der Waals surface area contributed by atoms with Gasteiger partial charge in [0.05, 0.1) is 6.61 Å². The second-order valence-electron chi connectivity index (χ2n) is 8.95. The van der Waals surface area contributed by atoms with Crippen LogP contribution < -0.4 is 10.1 Å². The molecule has 1 aromatic rings. The molecule has 0 saturated carbocycles. The summed E-state index contributed by atoms with van der Waals surface area (Å²) in [6.45, 7) is 11.6. The lowest BCUT2D eigenvalue weighted by atomic mass is 9.87. The zero-order valence-electron chi connectivity index (χ0n) is 17.4. The molecule has 0 unspecified atom stereocenters. The Morgan fingerprint density at radius 2 is 1.89 bits per heavy atom. The van der Waals surface area contributed by atoms with E-state index in [2.05, 4.69) is 26.1 Å². The maximum atomic E-state index is 11.7. The van der Waals surface area contributed by atoms with Gasteiger partial charge in [-0.25, -0.2) is 0 Å². The Kier molecular flexibility index (Phi) is 5.74. The number of amides is 1. The van der Waals surface area contributed by atoms with Crippen LogP contribution in [0.25, 0.3) is 0 Å². The molecule has 0 radical (unpaired) electrons. The summed E-state index contributed by atoms with van der Waals surface area (Å²) in [5, 5.41) is 13.6. The fourth-order valence-corrected chi connectivity index (χ4v) is 3.50. The van der Waals surface area contributed by atoms with Gasteiger partial charge < -0.3 is 29.4 Å². The number of rotatable bonds is 3. The summed E-state index contributed by atoms with van der Waals surface area (Å²) in [7, 11) is 0. The molecule has 2 N–H and O–H groups in total. The number of carbonyl (C=O) groups excluding carboxylic acids is 1. The topological polar surface area (TPSA) is 86.3 Å². The largest absolute Gasteiger partial charge is 0.463 e. The second-order valence-corrected chi connectivity index (χ2v) is 8.95. The number of fused-ring (bicyclic) bond motifs is 1. The monoisotopic (exact) mass is 393 g/mol. The highest BCUT2D eigenvalue weighted by molar-refractivity contribution is 5.73. The van der Waals surface area contributed by atoms with Crippen LogP contribution in [0.3, 0.4) is 0 Å². The third-order valence-electron chi connectivity index (χ3n) is 5.03. The first-order chi connectivity index (χ1) is 13.0. The van der Waals surface area contributed by atoms with E-state index in [-0.39, 0.29) is 17.9 Å². The molecule has 2 aliphatic heterocycles. The summed E-state index contributed by atoms with van der Waals surface area (Å²) in [5.74, 6) is -0.519. The van der Waals surface area contributed by atoms with Crippen molar-refractivity contribution < 1.29 is 28.8 Å². The molecule has 7 heteroatoms. The van der Waals surface area contributed by atoms with Crippen molar-refractivity contribution in [2.45, 2.75) is 83.4 Å². The molecule has 2 fully saturated rings. The Balaban J connectivity index is 1.79. The number of ether oxygens (including phenoxy) is 4. The number of nitrogens with one attached hydrogen (secondary N) is 1.